The van der Waals surface area contributed by atoms with Crippen molar-refractivity contribution >= 4 is 40.6 Å². The maximum atomic E-state index is 13.1. The van der Waals surface area contributed by atoms with Crippen LogP contribution in [0.25, 0.3) is 0 Å². The molecule has 0 spiro atoms. The molecule has 1 saturated heterocycles. The minimum absolute atomic E-state index is 0.105. The van der Waals surface area contributed by atoms with Crippen molar-refractivity contribution in [3.05, 3.63) is 46.7 Å². The summed E-state index contributed by atoms with van der Waals surface area (Å²) in [6, 6.07) is 12.0. The number of para-hydroxylation sites is 1. The molecule has 1 aromatic heterocycles. The Morgan fingerprint density at radius 3 is 2.57 bits per heavy atom. The largest absolute Gasteiger partial charge is 0.335 e. The van der Waals surface area contributed by atoms with Crippen molar-refractivity contribution in [2.45, 2.75) is 23.5 Å². The number of fused-ring (bicyclic) bond motifs is 1. The third kappa shape index (κ3) is 4.26. The van der Waals surface area contributed by atoms with E-state index >= 15 is 0 Å². The van der Waals surface area contributed by atoms with Gasteiger partial charge >= 0.3 is 0 Å². The second kappa shape index (κ2) is 8.68. The molecule has 1 aromatic carbocycles. The molecule has 2 amide bonds. The highest BCUT2D eigenvalue weighted by Gasteiger charge is 2.28. The molecule has 0 radical (unpaired) electrons. The zero-order chi connectivity index (χ0) is 19.5. The van der Waals surface area contributed by atoms with Gasteiger partial charge in [-0.1, -0.05) is 25.1 Å². The normalized spacial score (nSPS) is 20.5. The molecule has 2 aromatic rings. The molecule has 0 aliphatic carbocycles. The fraction of sp³-hybridized carbons (Fsp3) is 0.429. The van der Waals surface area contributed by atoms with Crippen LogP contribution in [0.1, 0.15) is 23.0 Å². The highest BCUT2D eigenvalue weighted by Crippen LogP contribution is 2.37. The lowest BCUT2D eigenvalue weighted by Gasteiger charge is -2.35. The summed E-state index contributed by atoms with van der Waals surface area (Å²) >= 11 is 3.33. The Kier molecular flexibility index (Phi) is 6.04. The lowest BCUT2D eigenvalue weighted by Crippen LogP contribution is -2.51. The summed E-state index contributed by atoms with van der Waals surface area (Å²) in [6.45, 7) is 6.22. The Hall–Kier alpha value is -1.83. The average Bonchev–Trinajstić information content (AvgIpc) is 3.18. The number of carbonyl (C=O) groups is 2. The Morgan fingerprint density at radius 2 is 1.82 bits per heavy atom. The molecule has 7 heteroatoms. The molecule has 0 saturated carbocycles. The van der Waals surface area contributed by atoms with Crippen LogP contribution in [0.2, 0.25) is 0 Å². The van der Waals surface area contributed by atoms with E-state index in [1.807, 2.05) is 51.2 Å². The van der Waals surface area contributed by atoms with E-state index in [9.17, 15) is 9.59 Å². The number of thiophene rings is 1. The first-order valence-electron chi connectivity index (χ1n) is 9.73. The predicted octanol–water partition coefficient (Wildman–Crippen LogP) is 3.42. The van der Waals surface area contributed by atoms with Crippen molar-refractivity contribution in [2.75, 3.05) is 44.2 Å². The van der Waals surface area contributed by atoms with Crippen molar-refractivity contribution in [1.82, 2.24) is 9.80 Å². The van der Waals surface area contributed by atoms with Crippen LogP contribution in [0.3, 0.4) is 0 Å². The minimum atomic E-state index is 0.105. The maximum absolute atomic E-state index is 13.1. The second-order valence-electron chi connectivity index (χ2n) is 7.28. The van der Waals surface area contributed by atoms with Crippen LogP contribution >= 0.6 is 23.1 Å². The fourth-order valence-electron chi connectivity index (χ4n) is 3.69. The van der Waals surface area contributed by atoms with Crippen LogP contribution in [0, 0.1) is 0 Å². The molecule has 2 aliphatic heterocycles. The Balaban J connectivity index is 1.36. The number of carbonyl (C=O) groups excluding carboxylic acids is 2. The van der Waals surface area contributed by atoms with Crippen LogP contribution in [0.15, 0.2) is 46.7 Å². The number of anilines is 1. The molecule has 28 heavy (non-hydrogen) atoms. The van der Waals surface area contributed by atoms with Gasteiger partial charge in [0.05, 0.1) is 17.1 Å². The van der Waals surface area contributed by atoms with Gasteiger partial charge in [-0.05, 0) is 30.0 Å². The smallest absolute Gasteiger partial charge is 0.264 e. The monoisotopic (exact) mass is 415 g/mol. The van der Waals surface area contributed by atoms with Crippen molar-refractivity contribution in [3.63, 3.8) is 0 Å². The van der Waals surface area contributed by atoms with Gasteiger partial charge in [0.2, 0.25) is 5.91 Å². The van der Waals surface area contributed by atoms with Gasteiger partial charge in [0.15, 0.2) is 0 Å². The van der Waals surface area contributed by atoms with Crippen molar-refractivity contribution in [3.8, 4) is 0 Å². The molecule has 1 atom stereocenters. The summed E-state index contributed by atoms with van der Waals surface area (Å²) in [6.07, 6.45) is 0.994. The van der Waals surface area contributed by atoms with Crippen LogP contribution in [0.4, 0.5) is 5.69 Å². The zero-order valence-electron chi connectivity index (χ0n) is 16.0. The fourth-order valence-corrected chi connectivity index (χ4v) is 5.49. The molecule has 5 nitrogen and oxygen atoms in total. The van der Waals surface area contributed by atoms with Gasteiger partial charge in [0.25, 0.3) is 5.91 Å². The SMILES string of the molecule is CC1CCN(C(=O)CN2CCN(C(=O)c3cccs3)CC2)c2ccccc2S1. The van der Waals surface area contributed by atoms with Crippen LogP contribution in [-0.4, -0.2) is 66.1 Å². The maximum Gasteiger partial charge on any atom is 0.264 e. The molecular weight excluding hydrogens is 390 g/mol. The van der Waals surface area contributed by atoms with E-state index in [1.54, 1.807) is 0 Å². The molecule has 3 heterocycles. The van der Waals surface area contributed by atoms with Gasteiger partial charge in [-0.15, -0.1) is 23.1 Å². The molecule has 0 bridgehead atoms. The van der Waals surface area contributed by atoms with E-state index in [2.05, 4.69) is 24.0 Å². The Bertz CT molecular complexity index is 832. The first kappa shape index (κ1) is 19.5. The topological polar surface area (TPSA) is 43.9 Å². The summed E-state index contributed by atoms with van der Waals surface area (Å²) < 4.78 is 0. The first-order valence-corrected chi connectivity index (χ1v) is 11.5. The number of hydrogen-bond acceptors (Lipinski definition) is 5. The number of hydrogen-bond donors (Lipinski definition) is 0. The van der Waals surface area contributed by atoms with Gasteiger partial charge in [-0.3, -0.25) is 14.5 Å². The van der Waals surface area contributed by atoms with E-state index in [4.69, 9.17) is 0 Å². The molecule has 148 valence electrons. The van der Waals surface area contributed by atoms with E-state index < -0.39 is 0 Å². The summed E-state index contributed by atoms with van der Waals surface area (Å²) in [5.41, 5.74) is 1.04. The molecule has 1 unspecified atom stereocenters. The summed E-state index contributed by atoms with van der Waals surface area (Å²) in [5, 5.41) is 2.44. The van der Waals surface area contributed by atoms with Crippen molar-refractivity contribution < 1.29 is 9.59 Å². The highest BCUT2D eigenvalue weighted by atomic mass is 32.2. The summed E-state index contributed by atoms with van der Waals surface area (Å²) in [5.74, 6) is 0.258. The third-order valence-corrected chi connectivity index (χ3v) is 7.39. The lowest BCUT2D eigenvalue weighted by molar-refractivity contribution is -0.120. The van der Waals surface area contributed by atoms with Crippen molar-refractivity contribution in [2.24, 2.45) is 0 Å². The highest BCUT2D eigenvalue weighted by molar-refractivity contribution is 8.00. The van der Waals surface area contributed by atoms with E-state index in [0.29, 0.717) is 24.9 Å². The standard InChI is InChI=1S/C21H25N3O2S2/c1-16-8-9-24(17-5-2-3-6-18(17)28-16)20(25)15-22-10-12-23(13-11-22)21(26)19-7-4-14-27-19/h2-7,14,16H,8-13,15H2,1H3. The number of piperazine rings is 1. The number of rotatable bonds is 3. The van der Waals surface area contributed by atoms with Gasteiger partial charge in [-0.25, -0.2) is 0 Å². The minimum Gasteiger partial charge on any atom is -0.335 e. The van der Waals surface area contributed by atoms with Gasteiger partial charge in [0, 0.05) is 42.9 Å². The number of thioether (sulfide) groups is 1. The molecule has 1 fully saturated rings. The van der Waals surface area contributed by atoms with E-state index in [-0.39, 0.29) is 11.8 Å². The average molecular weight is 416 g/mol. The molecule has 4 rings (SSSR count). The Labute approximate surface area is 174 Å². The molecule has 2 aliphatic rings. The quantitative estimate of drug-likeness (QED) is 0.771. The van der Waals surface area contributed by atoms with E-state index in [0.717, 1.165) is 36.6 Å². The lowest BCUT2D eigenvalue weighted by atomic mass is 10.2. The zero-order valence-corrected chi connectivity index (χ0v) is 17.7. The number of benzene rings is 1. The summed E-state index contributed by atoms with van der Waals surface area (Å²) in [7, 11) is 0. The second-order valence-corrected chi connectivity index (χ2v) is 9.70. The number of nitrogens with zero attached hydrogens (tertiary/aromatic N) is 3. The summed E-state index contributed by atoms with van der Waals surface area (Å²) in [4.78, 5) is 33.6. The van der Waals surface area contributed by atoms with Crippen molar-refractivity contribution in [1.29, 1.82) is 0 Å². The van der Waals surface area contributed by atoms with Crippen LogP contribution in [-0.2, 0) is 4.79 Å². The van der Waals surface area contributed by atoms with Gasteiger partial charge in [0.1, 0.15) is 0 Å². The van der Waals surface area contributed by atoms with Gasteiger partial charge in [-0.2, -0.15) is 0 Å². The number of amides is 2. The third-order valence-electron chi connectivity index (χ3n) is 5.29. The predicted molar refractivity (Wildman–Crippen MR) is 115 cm³/mol. The van der Waals surface area contributed by atoms with Crippen LogP contribution in [0.5, 0.6) is 0 Å². The van der Waals surface area contributed by atoms with E-state index in [1.165, 1.54) is 16.2 Å². The molecular formula is C21H25N3O2S2. The Morgan fingerprint density at radius 1 is 1.04 bits per heavy atom. The van der Waals surface area contributed by atoms with Crippen LogP contribution < -0.4 is 4.90 Å². The first-order chi connectivity index (χ1) is 13.6. The molecule has 0 N–H and O–H groups in total. The van der Waals surface area contributed by atoms with Gasteiger partial charge < -0.3 is 9.80 Å².